The van der Waals surface area contributed by atoms with Crippen LogP contribution in [0.25, 0.3) is 10.8 Å². The first-order valence-electron chi connectivity index (χ1n) is 8.76. The molecule has 2 aromatic rings. The van der Waals surface area contributed by atoms with Crippen LogP contribution in [0.2, 0.25) is 0 Å². The number of aliphatic hydroxyl groups is 1. The zero-order chi connectivity index (χ0) is 19.0. The molecule has 0 saturated heterocycles. The summed E-state index contributed by atoms with van der Waals surface area (Å²) >= 11 is 0. The molecule has 2 aromatic carbocycles. The van der Waals surface area contributed by atoms with E-state index >= 15 is 0 Å². The Balaban J connectivity index is 2.05. The van der Waals surface area contributed by atoms with Gasteiger partial charge in [0.15, 0.2) is 0 Å². The van der Waals surface area contributed by atoms with E-state index in [2.05, 4.69) is 12.8 Å². The Morgan fingerprint density at radius 1 is 1.00 bits per heavy atom. The van der Waals surface area contributed by atoms with Gasteiger partial charge in [-0.25, -0.2) is 0 Å². The molecule has 0 aliphatic rings. The molecule has 0 bridgehead atoms. The zero-order valence-corrected chi connectivity index (χ0v) is 14.8. The normalized spacial score (nSPS) is 13.7. The van der Waals surface area contributed by atoms with Crippen molar-refractivity contribution in [2.45, 2.75) is 50.8 Å². The Morgan fingerprint density at radius 2 is 1.73 bits per heavy atom. The van der Waals surface area contributed by atoms with Gasteiger partial charge < -0.3 is 9.84 Å². The van der Waals surface area contributed by atoms with E-state index in [9.17, 15) is 18.3 Å². The van der Waals surface area contributed by atoms with Crippen LogP contribution in [0.5, 0.6) is 5.75 Å². The van der Waals surface area contributed by atoms with Gasteiger partial charge >= 0.3 is 6.18 Å². The van der Waals surface area contributed by atoms with Crippen molar-refractivity contribution in [3.05, 3.63) is 42.5 Å². The number of unbranched alkanes of at least 4 members (excludes halogenated alkanes) is 4. The third-order valence-electron chi connectivity index (χ3n) is 4.09. The second-order valence-corrected chi connectivity index (χ2v) is 6.27. The lowest BCUT2D eigenvalue weighted by Gasteiger charge is -2.25. The van der Waals surface area contributed by atoms with Crippen molar-refractivity contribution >= 4 is 10.8 Å². The number of halogens is 3. The van der Waals surface area contributed by atoms with Crippen LogP contribution in [-0.4, -0.2) is 23.5 Å². The fourth-order valence-electron chi connectivity index (χ4n) is 2.48. The summed E-state index contributed by atoms with van der Waals surface area (Å²) in [5.74, 6) is 4.69. The zero-order valence-electron chi connectivity index (χ0n) is 14.8. The molecule has 0 spiro atoms. The van der Waals surface area contributed by atoms with Crippen LogP contribution in [0, 0.1) is 11.8 Å². The first-order valence-corrected chi connectivity index (χ1v) is 8.76. The molecule has 0 amide bonds. The van der Waals surface area contributed by atoms with Gasteiger partial charge in [-0.05, 0) is 29.3 Å². The Bertz CT molecular complexity index is 774. The smallest absolute Gasteiger partial charge is 0.432 e. The summed E-state index contributed by atoms with van der Waals surface area (Å²) in [5, 5.41) is 11.8. The van der Waals surface area contributed by atoms with Gasteiger partial charge in [-0.1, -0.05) is 68.4 Å². The summed E-state index contributed by atoms with van der Waals surface area (Å²) in [7, 11) is 0. The molecule has 0 heterocycles. The summed E-state index contributed by atoms with van der Waals surface area (Å²) in [6.45, 7) is 1.09. The van der Waals surface area contributed by atoms with Crippen molar-refractivity contribution in [2.24, 2.45) is 0 Å². The number of hydrogen-bond acceptors (Lipinski definition) is 2. The second kappa shape index (κ2) is 8.95. The van der Waals surface area contributed by atoms with Crippen LogP contribution in [0.4, 0.5) is 13.2 Å². The number of alkyl halides is 3. The van der Waals surface area contributed by atoms with Gasteiger partial charge in [-0.3, -0.25) is 0 Å². The highest BCUT2D eigenvalue weighted by atomic mass is 19.4. The van der Waals surface area contributed by atoms with Gasteiger partial charge in [0, 0.05) is 6.42 Å². The van der Waals surface area contributed by atoms with Crippen molar-refractivity contribution in [3.63, 3.8) is 0 Å². The molecule has 0 aliphatic carbocycles. The van der Waals surface area contributed by atoms with Crippen LogP contribution in [0.1, 0.15) is 39.0 Å². The highest BCUT2D eigenvalue weighted by Crippen LogP contribution is 2.31. The number of rotatable bonds is 7. The van der Waals surface area contributed by atoms with E-state index in [0.29, 0.717) is 6.42 Å². The lowest BCUT2D eigenvalue weighted by molar-refractivity contribution is -0.243. The fourth-order valence-corrected chi connectivity index (χ4v) is 2.48. The Kier molecular flexibility index (Phi) is 6.93. The molecule has 1 unspecified atom stereocenters. The summed E-state index contributed by atoms with van der Waals surface area (Å²) in [4.78, 5) is 0. The molecule has 140 valence electrons. The number of fused-ring (bicyclic) bond motifs is 1. The maximum absolute atomic E-state index is 13.3. The Morgan fingerprint density at radius 3 is 2.42 bits per heavy atom. The molecule has 0 saturated carbocycles. The van der Waals surface area contributed by atoms with Crippen molar-refractivity contribution in [1.82, 2.24) is 0 Å². The predicted octanol–water partition coefficient (Wildman–Crippen LogP) is 5.49. The van der Waals surface area contributed by atoms with Gasteiger partial charge in [0.05, 0.1) is 0 Å². The molecular weight excluding hydrogens is 341 g/mol. The molecule has 2 rings (SSSR count). The average Bonchev–Trinajstić information content (AvgIpc) is 2.62. The van der Waals surface area contributed by atoms with Crippen LogP contribution in [0.3, 0.4) is 0 Å². The molecule has 26 heavy (non-hydrogen) atoms. The summed E-state index contributed by atoms with van der Waals surface area (Å²) in [6.07, 6.45) is -0.853. The lowest BCUT2D eigenvalue weighted by Crippen LogP contribution is -2.48. The van der Waals surface area contributed by atoms with E-state index in [4.69, 9.17) is 4.74 Å². The minimum absolute atomic E-state index is 0.260. The quantitative estimate of drug-likeness (QED) is 0.520. The number of benzene rings is 2. The average molecular weight is 364 g/mol. The van der Waals surface area contributed by atoms with Gasteiger partial charge in [0.2, 0.25) is 0 Å². The molecule has 1 N–H and O–H groups in total. The highest BCUT2D eigenvalue weighted by Gasteiger charge is 2.54. The van der Waals surface area contributed by atoms with Crippen molar-refractivity contribution < 1.29 is 23.0 Å². The summed E-state index contributed by atoms with van der Waals surface area (Å²) in [6, 6.07) is 12.4. The van der Waals surface area contributed by atoms with Gasteiger partial charge in [0.1, 0.15) is 12.4 Å². The molecule has 2 nitrogen and oxygen atoms in total. The molecule has 1 atom stereocenters. The lowest BCUT2D eigenvalue weighted by atomic mass is 10.0. The maximum Gasteiger partial charge on any atom is 0.432 e. The van der Waals surface area contributed by atoms with Crippen molar-refractivity contribution in [2.75, 3.05) is 6.61 Å². The van der Waals surface area contributed by atoms with Crippen LogP contribution in [0.15, 0.2) is 42.5 Å². The van der Waals surface area contributed by atoms with Crippen molar-refractivity contribution in [3.8, 4) is 17.6 Å². The van der Waals surface area contributed by atoms with E-state index in [-0.39, 0.29) is 5.75 Å². The SMILES string of the molecule is CCCCCCC#CC(O)(COc1ccc2ccccc2c1)C(F)(F)F. The summed E-state index contributed by atoms with van der Waals surface area (Å²) < 4.78 is 45.0. The molecule has 5 heteroatoms. The van der Waals surface area contributed by atoms with Gasteiger partial charge in [0.25, 0.3) is 5.60 Å². The molecule has 0 fully saturated rings. The Hall–Kier alpha value is -2.19. The first-order chi connectivity index (χ1) is 12.4. The Labute approximate surface area is 152 Å². The maximum atomic E-state index is 13.3. The van der Waals surface area contributed by atoms with E-state index in [0.717, 1.165) is 36.5 Å². The molecule has 0 aliphatic heterocycles. The number of hydrogen-bond donors (Lipinski definition) is 1. The molecule has 0 radical (unpaired) electrons. The van der Waals surface area contributed by atoms with Gasteiger partial charge in [-0.15, -0.1) is 0 Å². The second-order valence-electron chi connectivity index (χ2n) is 6.27. The van der Waals surface area contributed by atoms with E-state index < -0.39 is 18.4 Å². The standard InChI is InChI=1S/C21H23F3O2/c1-2-3-4-5-6-9-14-20(25,21(22,23)24)16-26-19-13-12-17-10-7-8-11-18(17)15-19/h7-8,10-13,15,25H,2-6,16H2,1H3. The van der Waals surface area contributed by atoms with Gasteiger partial charge in [-0.2, -0.15) is 13.2 Å². The minimum Gasteiger partial charge on any atom is -0.489 e. The van der Waals surface area contributed by atoms with E-state index in [1.54, 1.807) is 18.2 Å². The molecular formula is C21H23F3O2. The monoisotopic (exact) mass is 364 g/mol. The summed E-state index contributed by atoms with van der Waals surface area (Å²) in [5.41, 5.74) is -3.18. The number of ether oxygens (including phenoxy) is 1. The van der Waals surface area contributed by atoms with E-state index in [1.165, 1.54) is 0 Å². The minimum atomic E-state index is -4.89. The van der Waals surface area contributed by atoms with E-state index in [1.807, 2.05) is 30.2 Å². The van der Waals surface area contributed by atoms with Crippen LogP contribution in [-0.2, 0) is 0 Å². The van der Waals surface area contributed by atoms with Crippen LogP contribution < -0.4 is 4.74 Å². The third kappa shape index (κ3) is 5.40. The van der Waals surface area contributed by atoms with Crippen molar-refractivity contribution in [1.29, 1.82) is 0 Å². The third-order valence-corrected chi connectivity index (χ3v) is 4.09. The van der Waals surface area contributed by atoms with Crippen LogP contribution >= 0.6 is 0 Å². The molecule has 0 aromatic heterocycles. The predicted molar refractivity (Wildman–Crippen MR) is 97.0 cm³/mol. The topological polar surface area (TPSA) is 29.5 Å². The fraction of sp³-hybridized carbons (Fsp3) is 0.429. The largest absolute Gasteiger partial charge is 0.489 e. The highest BCUT2D eigenvalue weighted by molar-refractivity contribution is 5.83. The first kappa shape index (κ1) is 20.1.